The predicted octanol–water partition coefficient (Wildman–Crippen LogP) is 4.76. The molecule has 0 aromatic carbocycles. The summed E-state index contributed by atoms with van der Waals surface area (Å²) in [5.41, 5.74) is 4.35. The van der Waals surface area contributed by atoms with Crippen LogP contribution in [0.25, 0.3) is 0 Å². The van der Waals surface area contributed by atoms with Crippen LogP contribution in [0.4, 0.5) is 0 Å². The van der Waals surface area contributed by atoms with E-state index in [1.807, 2.05) is 0 Å². The van der Waals surface area contributed by atoms with E-state index < -0.39 is 0 Å². The van der Waals surface area contributed by atoms with Crippen LogP contribution in [0.15, 0.2) is 11.1 Å². The van der Waals surface area contributed by atoms with Crippen LogP contribution < -0.4 is 0 Å². The molecule has 0 radical (unpaired) electrons. The van der Waals surface area contributed by atoms with Gasteiger partial charge < -0.3 is 4.79 Å². The average Bonchev–Trinajstić information content (AvgIpc) is 2.86. The van der Waals surface area contributed by atoms with Crippen molar-refractivity contribution in [3.8, 4) is 0 Å². The predicted molar refractivity (Wildman–Crippen MR) is 78.8 cm³/mol. The quantitative estimate of drug-likeness (QED) is 0.516. The first-order valence-electron chi connectivity index (χ1n) is 7.95. The molecule has 0 aromatic heterocycles. The van der Waals surface area contributed by atoms with Gasteiger partial charge in [0.2, 0.25) is 0 Å². The van der Waals surface area contributed by atoms with Crippen molar-refractivity contribution in [3.05, 3.63) is 11.1 Å². The van der Waals surface area contributed by atoms with Gasteiger partial charge in [-0.15, -0.1) is 0 Å². The van der Waals surface area contributed by atoms with E-state index in [1.165, 1.54) is 31.3 Å². The third-order valence-electron chi connectivity index (χ3n) is 7.05. The standard InChI is InChI=1S/C18H28O/c1-12(11-19)14-7-8-16(2,3)18-9-6-13(10-18)17(4,5)15(14)18/h11-13H,6-10H2,1-5H3/t12?,13-,18-/m0/s1. The molecule has 0 heterocycles. The van der Waals surface area contributed by atoms with Crippen molar-refractivity contribution in [1.29, 1.82) is 0 Å². The molecule has 19 heavy (non-hydrogen) atoms. The van der Waals surface area contributed by atoms with Gasteiger partial charge in [-0.1, -0.05) is 45.8 Å². The van der Waals surface area contributed by atoms with Gasteiger partial charge >= 0.3 is 0 Å². The third kappa shape index (κ3) is 1.45. The SMILES string of the molecule is CC(C=O)C1=C2C(C)(C)[C@H]3CC[C@@]2(C3)C(C)(C)CC1. The zero-order chi connectivity index (χ0) is 14.1. The Morgan fingerprint density at radius 1 is 1.21 bits per heavy atom. The monoisotopic (exact) mass is 260 g/mol. The lowest BCUT2D eigenvalue weighted by molar-refractivity contribution is -0.110. The molecule has 1 heteroatoms. The van der Waals surface area contributed by atoms with Crippen molar-refractivity contribution in [2.45, 2.75) is 66.7 Å². The molecule has 0 aliphatic heterocycles. The summed E-state index contributed by atoms with van der Waals surface area (Å²) in [5, 5.41) is 0. The Hall–Kier alpha value is -0.590. The van der Waals surface area contributed by atoms with Gasteiger partial charge in [0.25, 0.3) is 0 Å². The number of fused-ring (bicyclic) bond motifs is 1. The lowest BCUT2D eigenvalue weighted by Gasteiger charge is -2.53. The molecule has 2 saturated carbocycles. The third-order valence-corrected chi connectivity index (χ3v) is 7.05. The number of carbonyl (C=O) groups excluding carboxylic acids is 1. The fourth-order valence-electron chi connectivity index (χ4n) is 5.73. The van der Waals surface area contributed by atoms with Crippen molar-refractivity contribution in [3.63, 3.8) is 0 Å². The summed E-state index contributed by atoms with van der Waals surface area (Å²) in [5.74, 6) is 0.968. The molecule has 1 unspecified atom stereocenters. The molecule has 3 aliphatic carbocycles. The zero-order valence-electron chi connectivity index (χ0n) is 13.2. The lowest BCUT2D eigenvalue weighted by Crippen LogP contribution is -2.43. The van der Waals surface area contributed by atoms with Gasteiger partial charge in [-0.05, 0) is 54.3 Å². The zero-order valence-corrected chi connectivity index (χ0v) is 13.2. The smallest absolute Gasteiger partial charge is 0.126 e. The second-order valence-electron chi connectivity index (χ2n) is 8.45. The van der Waals surface area contributed by atoms with Crippen molar-refractivity contribution < 1.29 is 4.79 Å². The van der Waals surface area contributed by atoms with E-state index in [9.17, 15) is 4.79 Å². The van der Waals surface area contributed by atoms with Crippen molar-refractivity contribution >= 4 is 6.29 Å². The molecular formula is C18H28O. The number of allylic oxidation sites excluding steroid dienone is 2. The molecule has 3 atom stereocenters. The summed E-state index contributed by atoms with van der Waals surface area (Å²) in [7, 11) is 0. The maximum atomic E-state index is 11.3. The minimum atomic E-state index is 0.126. The summed E-state index contributed by atoms with van der Waals surface area (Å²) >= 11 is 0. The van der Waals surface area contributed by atoms with Crippen LogP contribution in [0.3, 0.4) is 0 Å². The molecule has 0 saturated heterocycles. The highest BCUT2D eigenvalue weighted by atomic mass is 16.1. The first-order chi connectivity index (χ1) is 8.76. The van der Waals surface area contributed by atoms with E-state index in [0.29, 0.717) is 16.2 Å². The largest absolute Gasteiger partial charge is 0.303 e. The number of hydrogen-bond donors (Lipinski definition) is 0. The topological polar surface area (TPSA) is 17.1 Å². The maximum absolute atomic E-state index is 11.3. The minimum Gasteiger partial charge on any atom is -0.303 e. The summed E-state index contributed by atoms with van der Waals surface area (Å²) in [6.45, 7) is 11.9. The summed E-state index contributed by atoms with van der Waals surface area (Å²) in [6.07, 6.45) is 7.68. The van der Waals surface area contributed by atoms with Gasteiger partial charge in [-0.2, -0.15) is 0 Å². The Morgan fingerprint density at radius 3 is 2.53 bits per heavy atom. The Balaban J connectivity index is 2.23. The molecule has 0 amide bonds. The first-order valence-corrected chi connectivity index (χ1v) is 7.95. The highest BCUT2D eigenvalue weighted by molar-refractivity contribution is 5.60. The molecule has 2 bridgehead atoms. The number of aldehydes is 1. The number of rotatable bonds is 2. The van der Waals surface area contributed by atoms with E-state index in [0.717, 1.165) is 18.6 Å². The van der Waals surface area contributed by atoms with E-state index in [-0.39, 0.29) is 5.92 Å². The van der Waals surface area contributed by atoms with Crippen LogP contribution >= 0.6 is 0 Å². The van der Waals surface area contributed by atoms with Gasteiger partial charge in [-0.3, -0.25) is 0 Å². The van der Waals surface area contributed by atoms with Crippen molar-refractivity contribution in [2.24, 2.45) is 28.1 Å². The Bertz CT molecular complexity index is 454. The highest BCUT2D eigenvalue weighted by Crippen LogP contribution is 2.75. The Kier molecular flexibility index (Phi) is 2.64. The van der Waals surface area contributed by atoms with Crippen molar-refractivity contribution in [2.75, 3.05) is 0 Å². The van der Waals surface area contributed by atoms with Gasteiger partial charge in [-0.25, -0.2) is 0 Å². The fourth-order valence-corrected chi connectivity index (χ4v) is 5.73. The van der Waals surface area contributed by atoms with E-state index >= 15 is 0 Å². The maximum Gasteiger partial charge on any atom is 0.126 e. The molecule has 3 aliphatic rings. The Labute approximate surface area is 117 Å². The molecule has 106 valence electrons. The average molecular weight is 260 g/mol. The first kappa shape index (κ1) is 13.4. The normalized spacial score (nSPS) is 40.2. The molecular weight excluding hydrogens is 232 g/mol. The molecule has 1 spiro atoms. The summed E-state index contributed by atoms with van der Waals surface area (Å²) in [6, 6.07) is 0. The molecule has 0 aromatic rings. The minimum absolute atomic E-state index is 0.126. The summed E-state index contributed by atoms with van der Waals surface area (Å²) < 4.78 is 0. The van der Waals surface area contributed by atoms with Crippen LogP contribution in [0.2, 0.25) is 0 Å². The van der Waals surface area contributed by atoms with Gasteiger partial charge in [0.05, 0.1) is 0 Å². The lowest BCUT2D eigenvalue weighted by atomic mass is 9.51. The molecule has 0 N–H and O–H groups in total. The second-order valence-corrected chi connectivity index (χ2v) is 8.45. The van der Waals surface area contributed by atoms with Crippen LogP contribution in [-0.4, -0.2) is 6.29 Å². The van der Waals surface area contributed by atoms with Crippen molar-refractivity contribution in [1.82, 2.24) is 0 Å². The second kappa shape index (κ2) is 3.74. The molecule has 1 nitrogen and oxygen atoms in total. The van der Waals surface area contributed by atoms with Crippen LogP contribution in [0.1, 0.15) is 66.7 Å². The summed E-state index contributed by atoms with van der Waals surface area (Å²) in [4.78, 5) is 11.3. The van der Waals surface area contributed by atoms with Gasteiger partial charge in [0.15, 0.2) is 0 Å². The van der Waals surface area contributed by atoms with E-state index in [2.05, 4.69) is 34.6 Å². The fraction of sp³-hybridized carbons (Fsp3) is 0.833. The van der Waals surface area contributed by atoms with E-state index in [1.54, 1.807) is 5.57 Å². The van der Waals surface area contributed by atoms with Gasteiger partial charge in [0, 0.05) is 5.92 Å². The highest BCUT2D eigenvalue weighted by Gasteiger charge is 2.65. The Morgan fingerprint density at radius 2 is 1.89 bits per heavy atom. The molecule has 2 fully saturated rings. The van der Waals surface area contributed by atoms with E-state index in [4.69, 9.17) is 0 Å². The number of carbonyl (C=O) groups is 1. The van der Waals surface area contributed by atoms with Gasteiger partial charge in [0.1, 0.15) is 6.29 Å². The van der Waals surface area contributed by atoms with Crippen LogP contribution in [0.5, 0.6) is 0 Å². The number of hydrogen-bond acceptors (Lipinski definition) is 1. The van der Waals surface area contributed by atoms with Crippen LogP contribution in [-0.2, 0) is 4.79 Å². The van der Waals surface area contributed by atoms with Crippen LogP contribution in [0, 0.1) is 28.1 Å². The molecule has 3 rings (SSSR count).